The van der Waals surface area contributed by atoms with Gasteiger partial charge in [0.2, 0.25) is 0 Å². The first-order valence-electron chi connectivity index (χ1n) is 10.7. The van der Waals surface area contributed by atoms with Gasteiger partial charge >= 0.3 is 5.97 Å². The zero-order valence-electron chi connectivity index (χ0n) is 18.1. The number of fused-ring (bicyclic) bond motifs is 3. The predicted octanol–water partition coefficient (Wildman–Crippen LogP) is 6.05. The summed E-state index contributed by atoms with van der Waals surface area (Å²) in [6.45, 7) is 0. The Morgan fingerprint density at radius 1 is 1.09 bits per heavy atom. The van der Waals surface area contributed by atoms with Crippen molar-refractivity contribution in [2.45, 2.75) is 28.5 Å². The SMILES string of the molecule is COC(=O)CCSc1nc(N)c2c3c(sc2n1)C(c1ccccc1)SC(c1ccccc1)C3. The van der Waals surface area contributed by atoms with Crippen LogP contribution in [0.1, 0.15) is 38.5 Å². The standard InChI is InChI=1S/C25H23N3O2S3/c1-30-19(29)12-13-31-25-27-23(26)20-17-14-18(15-8-4-2-5-9-15)32-21(16-10-6-3-7-11-16)22(17)33-24(20)28-25/h2-11,18,21H,12-14H2,1H3,(H2,26,27,28). The van der Waals surface area contributed by atoms with Crippen molar-refractivity contribution in [3.63, 3.8) is 0 Å². The molecule has 3 heterocycles. The minimum Gasteiger partial charge on any atom is -0.469 e. The number of hydrogen-bond donors (Lipinski definition) is 1. The average molecular weight is 494 g/mol. The van der Waals surface area contributed by atoms with Crippen LogP contribution in [0.4, 0.5) is 5.82 Å². The lowest BCUT2D eigenvalue weighted by atomic mass is 9.98. The molecule has 0 spiro atoms. The summed E-state index contributed by atoms with van der Waals surface area (Å²) in [6.07, 6.45) is 1.21. The summed E-state index contributed by atoms with van der Waals surface area (Å²) in [4.78, 5) is 23.1. The van der Waals surface area contributed by atoms with Crippen molar-refractivity contribution in [1.29, 1.82) is 0 Å². The summed E-state index contributed by atoms with van der Waals surface area (Å²) in [5, 5.41) is 2.13. The Hall–Kier alpha value is -2.55. The van der Waals surface area contributed by atoms with E-state index in [2.05, 4.69) is 65.6 Å². The molecule has 0 fully saturated rings. The third-order valence-electron chi connectivity index (χ3n) is 5.66. The Kier molecular flexibility index (Phi) is 6.57. The van der Waals surface area contributed by atoms with Gasteiger partial charge in [-0.05, 0) is 23.1 Å². The number of thiophene rings is 1. The highest BCUT2D eigenvalue weighted by Gasteiger charge is 2.34. The summed E-state index contributed by atoms with van der Waals surface area (Å²) in [6, 6.07) is 21.3. The molecule has 5 rings (SSSR count). The molecule has 2 N–H and O–H groups in total. The largest absolute Gasteiger partial charge is 0.469 e. The van der Waals surface area contributed by atoms with E-state index in [-0.39, 0.29) is 11.2 Å². The van der Waals surface area contributed by atoms with Crippen LogP contribution in [0.3, 0.4) is 0 Å². The van der Waals surface area contributed by atoms with E-state index in [1.165, 1.54) is 40.4 Å². The number of nitrogens with zero attached hydrogens (tertiary/aromatic N) is 2. The Morgan fingerprint density at radius 2 is 1.79 bits per heavy atom. The fourth-order valence-electron chi connectivity index (χ4n) is 4.07. The molecule has 2 aromatic heterocycles. The lowest BCUT2D eigenvalue weighted by Crippen LogP contribution is -2.12. The van der Waals surface area contributed by atoms with Crippen LogP contribution in [0.25, 0.3) is 10.2 Å². The average Bonchev–Trinajstić information content (AvgIpc) is 3.23. The van der Waals surface area contributed by atoms with Crippen molar-refractivity contribution >= 4 is 56.9 Å². The molecule has 0 saturated heterocycles. The summed E-state index contributed by atoms with van der Waals surface area (Å²) < 4.78 is 4.72. The summed E-state index contributed by atoms with van der Waals surface area (Å²) in [5.41, 5.74) is 10.4. The van der Waals surface area contributed by atoms with Crippen LogP contribution in [0.2, 0.25) is 0 Å². The van der Waals surface area contributed by atoms with Crippen molar-refractivity contribution in [2.24, 2.45) is 0 Å². The molecule has 4 aromatic rings. The first-order chi connectivity index (χ1) is 16.1. The molecule has 8 heteroatoms. The van der Waals surface area contributed by atoms with Crippen molar-refractivity contribution in [3.8, 4) is 0 Å². The molecule has 2 atom stereocenters. The van der Waals surface area contributed by atoms with Gasteiger partial charge in [0.05, 0.1) is 24.2 Å². The third-order valence-corrected chi connectivity index (χ3v) is 9.39. The minimum atomic E-state index is -0.238. The van der Waals surface area contributed by atoms with Crippen LogP contribution in [-0.2, 0) is 16.0 Å². The second kappa shape index (κ2) is 9.75. The summed E-state index contributed by atoms with van der Waals surface area (Å²) in [5.74, 6) is 0.836. The van der Waals surface area contributed by atoms with Crippen LogP contribution in [0, 0.1) is 0 Å². The molecular weight excluding hydrogens is 470 g/mol. The highest BCUT2D eigenvalue weighted by Crippen LogP contribution is 2.55. The molecule has 168 valence electrons. The van der Waals surface area contributed by atoms with E-state index in [4.69, 9.17) is 15.5 Å². The van der Waals surface area contributed by atoms with E-state index in [0.29, 0.717) is 28.4 Å². The first kappa shape index (κ1) is 22.3. The van der Waals surface area contributed by atoms with Gasteiger partial charge < -0.3 is 10.5 Å². The molecule has 0 saturated carbocycles. The molecule has 0 radical (unpaired) electrons. The second-order valence-corrected chi connectivity index (χ2v) is 11.1. The van der Waals surface area contributed by atoms with E-state index in [9.17, 15) is 4.79 Å². The first-order valence-corrected chi connectivity index (χ1v) is 13.4. The van der Waals surface area contributed by atoms with Crippen molar-refractivity contribution < 1.29 is 9.53 Å². The van der Waals surface area contributed by atoms with Crippen molar-refractivity contribution in [3.05, 3.63) is 82.2 Å². The van der Waals surface area contributed by atoms with Gasteiger partial charge in [-0.3, -0.25) is 4.79 Å². The van der Waals surface area contributed by atoms with Crippen LogP contribution >= 0.6 is 34.9 Å². The van der Waals surface area contributed by atoms with Gasteiger partial charge in [0.15, 0.2) is 5.16 Å². The van der Waals surface area contributed by atoms with E-state index < -0.39 is 0 Å². The van der Waals surface area contributed by atoms with Crippen LogP contribution in [-0.4, -0.2) is 28.8 Å². The zero-order valence-corrected chi connectivity index (χ0v) is 20.5. The Balaban J connectivity index is 1.55. The minimum absolute atomic E-state index is 0.217. The van der Waals surface area contributed by atoms with Crippen LogP contribution in [0.15, 0.2) is 65.8 Å². The number of methoxy groups -OCH3 is 1. The highest BCUT2D eigenvalue weighted by atomic mass is 32.2. The number of thioether (sulfide) groups is 2. The Morgan fingerprint density at radius 3 is 2.48 bits per heavy atom. The number of nitrogens with two attached hydrogens (primary N) is 1. The molecule has 5 nitrogen and oxygen atoms in total. The van der Waals surface area contributed by atoms with Gasteiger partial charge in [-0.1, -0.05) is 72.4 Å². The third kappa shape index (κ3) is 4.60. The second-order valence-electron chi connectivity index (χ2n) is 7.72. The van der Waals surface area contributed by atoms with Crippen molar-refractivity contribution in [1.82, 2.24) is 9.97 Å². The van der Waals surface area contributed by atoms with Crippen LogP contribution in [0.5, 0.6) is 0 Å². The van der Waals surface area contributed by atoms with Gasteiger partial charge in [-0.2, -0.15) is 0 Å². The van der Waals surface area contributed by atoms with Crippen LogP contribution < -0.4 is 5.73 Å². The van der Waals surface area contributed by atoms with Gasteiger partial charge in [-0.15, -0.1) is 23.1 Å². The molecule has 1 aliphatic rings. The number of hydrogen-bond acceptors (Lipinski definition) is 8. The molecule has 0 amide bonds. The Bertz CT molecular complexity index is 1280. The molecule has 0 aliphatic carbocycles. The molecular formula is C25H23N3O2S3. The van der Waals surface area contributed by atoms with E-state index >= 15 is 0 Å². The zero-order chi connectivity index (χ0) is 22.8. The van der Waals surface area contributed by atoms with E-state index in [1.54, 1.807) is 11.3 Å². The monoisotopic (exact) mass is 493 g/mol. The number of carbonyl (C=O) groups excluding carboxylic acids is 1. The fraction of sp³-hybridized carbons (Fsp3) is 0.240. The maximum absolute atomic E-state index is 11.4. The van der Waals surface area contributed by atoms with Gasteiger partial charge in [0.25, 0.3) is 0 Å². The van der Waals surface area contributed by atoms with E-state index in [0.717, 1.165) is 16.6 Å². The predicted molar refractivity (Wildman–Crippen MR) is 138 cm³/mol. The van der Waals surface area contributed by atoms with E-state index in [1.807, 2.05) is 11.8 Å². The van der Waals surface area contributed by atoms with Crippen molar-refractivity contribution in [2.75, 3.05) is 18.6 Å². The Labute approximate surface area is 205 Å². The molecule has 33 heavy (non-hydrogen) atoms. The lowest BCUT2D eigenvalue weighted by molar-refractivity contribution is -0.140. The number of aromatic nitrogens is 2. The normalized spacial score (nSPS) is 17.6. The topological polar surface area (TPSA) is 78.1 Å². The maximum Gasteiger partial charge on any atom is 0.306 e. The number of rotatable bonds is 6. The van der Waals surface area contributed by atoms with Gasteiger partial charge in [0.1, 0.15) is 10.6 Å². The molecule has 2 aromatic carbocycles. The quantitative estimate of drug-likeness (QED) is 0.199. The van der Waals surface area contributed by atoms with Gasteiger partial charge in [0, 0.05) is 15.9 Å². The fourth-order valence-corrected chi connectivity index (χ4v) is 7.92. The highest BCUT2D eigenvalue weighted by molar-refractivity contribution is 8.00. The molecule has 2 unspecified atom stereocenters. The maximum atomic E-state index is 11.4. The number of ether oxygens (including phenoxy) is 1. The number of esters is 1. The van der Waals surface area contributed by atoms with Gasteiger partial charge in [-0.25, -0.2) is 9.97 Å². The number of anilines is 1. The summed E-state index contributed by atoms with van der Waals surface area (Å²) >= 11 is 5.14. The number of carbonyl (C=O) groups is 1. The number of benzene rings is 2. The summed E-state index contributed by atoms with van der Waals surface area (Å²) in [7, 11) is 1.40. The lowest BCUT2D eigenvalue weighted by Gasteiger charge is -2.30. The smallest absolute Gasteiger partial charge is 0.306 e. The molecule has 0 bridgehead atoms. The number of nitrogen functional groups attached to an aromatic ring is 1. The molecule has 1 aliphatic heterocycles.